The molecule has 1 heterocycles. The van der Waals surface area contributed by atoms with E-state index in [4.69, 9.17) is 0 Å². The molecule has 1 N–H and O–H groups in total. The number of aromatic nitrogens is 1. The summed E-state index contributed by atoms with van der Waals surface area (Å²) in [5, 5.41) is 9.21. The molecule has 2 rings (SSSR count). The van der Waals surface area contributed by atoms with Crippen LogP contribution in [0, 0.1) is 0 Å². The number of aromatic carboxylic acids is 1. The van der Waals surface area contributed by atoms with Crippen molar-refractivity contribution in [2.75, 3.05) is 11.4 Å². The van der Waals surface area contributed by atoms with Crippen LogP contribution in [0.3, 0.4) is 0 Å². The lowest BCUT2D eigenvalue weighted by atomic mass is 10.2. The van der Waals surface area contributed by atoms with E-state index in [0.717, 1.165) is 5.56 Å². The van der Waals surface area contributed by atoms with Crippen molar-refractivity contribution >= 4 is 11.8 Å². The monoisotopic (exact) mass is 256 g/mol. The highest BCUT2D eigenvalue weighted by molar-refractivity contribution is 5.93. The second kappa shape index (κ2) is 6.00. The van der Waals surface area contributed by atoms with Gasteiger partial charge in [0.1, 0.15) is 11.4 Å². The Bertz CT molecular complexity index is 555. The number of pyridine rings is 1. The molecule has 0 fully saturated rings. The molecule has 0 aliphatic rings. The van der Waals surface area contributed by atoms with Crippen LogP contribution in [0.4, 0.5) is 5.82 Å². The van der Waals surface area contributed by atoms with Crippen LogP contribution in [-0.2, 0) is 6.54 Å². The third kappa shape index (κ3) is 3.10. The average Bonchev–Trinajstić information content (AvgIpc) is 2.46. The second-order valence-corrected chi connectivity index (χ2v) is 4.18. The van der Waals surface area contributed by atoms with Gasteiger partial charge in [-0.25, -0.2) is 9.78 Å². The molecule has 2 aromatic rings. The number of benzene rings is 1. The summed E-state index contributed by atoms with van der Waals surface area (Å²) < 4.78 is 0. The molecule has 0 amide bonds. The summed E-state index contributed by atoms with van der Waals surface area (Å²) in [4.78, 5) is 17.4. The van der Waals surface area contributed by atoms with Crippen molar-refractivity contribution in [3.63, 3.8) is 0 Å². The van der Waals surface area contributed by atoms with Gasteiger partial charge in [0, 0.05) is 19.3 Å². The van der Waals surface area contributed by atoms with Crippen LogP contribution in [0.2, 0.25) is 0 Å². The Morgan fingerprint density at radius 3 is 2.58 bits per heavy atom. The topological polar surface area (TPSA) is 53.4 Å². The standard InChI is InChI=1S/C15H16N2O2/c1-2-17(11-12-7-4-3-5-8-12)14-13(15(18)19)9-6-10-16-14/h3-10H,2,11H2,1H3,(H,18,19). The first-order chi connectivity index (χ1) is 9.22. The van der Waals surface area contributed by atoms with Crippen molar-refractivity contribution < 1.29 is 9.90 Å². The molecule has 0 spiro atoms. The molecule has 0 unspecified atom stereocenters. The molecule has 98 valence electrons. The molecule has 1 aromatic heterocycles. The Morgan fingerprint density at radius 1 is 1.21 bits per heavy atom. The van der Waals surface area contributed by atoms with Crippen molar-refractivity contribution in [1.29, 1.82) is 0 Å². The van der Waals surface area contributed by atoms with Gasteiger partial charge in [0.2, 0.25) is 0 Å². The molecule has 0 atom stereocenters. The molecule has 19 heavy (non-hydrogen) atoms. The summed E-state index contributed by atoms with van der Waals surface area (Å²) >= 11 is 0. The number of hydrogen-bond donors (Lipinski definition) is 1. The smallest absolute Gasteiger partial charge is 0.339 e. The normalized spacial score (nSPS) is 10.2. The highest BCUT2D eigenvalue weighted by Crippen LogP contribution is 2.19. The minimum atomic E-state index is -0.949. The van der Waals surface area contributed by atoms with E-state index in [2.05, 4.69) is 4.98 Å². The van der Waals surface area contributed by atoms with Gasteiger partial charge in [-0.3, -0.25) is 0 Å². The summed E-state index contributed by atoms with van der Waals surface area (Å²) in [6, 6.07) is 13.2. The molecular weight excluding hydrogens is 240 g/mol. The van der Waals surface area contributed by atoms with Crippen LogP contribution < -0.4 is 4.90 Å². The quantitative estimate of drug-likeness (QED) is 0.893. The zero-order chi connectivity index (χ0) is 13.7. The highest BCUT2D eigenvalue weighted by Gasteiger charge is 2.16. The van der Waals surface area contributed by atoms with E-state index in [1.54, 1.807) is 18.3 Å². The molecule has 0 radical (unpaired) electrons. The van der Waals surface area contributed by atoms with Crippen LogP contribution in [0.25, 0.3) is 0 Å². The lowest BCUT2D eigenvalue weighted by Crippen LogP contribution is -2.25. The number of carboxylic acids is 1. The van der Waals surface area contributed by atoms with Gasteiger partial charge in [-0.2, -0.15) is 0 Å². The summed E-state index contributed by atoms with van der Waals surface area (Å²) in [5.74, 6) is -0.434. The zero-order valence-corrected chi connectivity index (χ0v) is 10.8. The summed E-state index contributed by atoms with van der Waals surface area (Å²) in [6.45, 7) is 3.34. The van der Waals surface area contributed by atoms with Crippen molar-refractivity contribution in [3.05, 3.63) is 59.8 Å². The molecule has 0 bridgehead atoms. The largest absolute Gasteiger partial charge is 0.478 e. The lowest BCUT2D eigenvalue weighted by Gasteiger charge is -2.23. The molecule has 4 heteroatoms. The van der Waals surface area contributed by atoms with Crippen LogP contribution in [0.15, 0.2) is 48.7 Å². The van der Waals surface area contributed by atoms with Crippen molar-refractivity contribution in [3.8, 4) is 0 Å². The van der Waals surface area contributed by atoms with Gasteiger partial charge in [-0.15, -0.1) is 0 Å². The number of rotatable bonds is 5. The SMILES string of the molecule is CCN(Cc1ccccc1)c1ncccc1C(=O)O. The fourth-order valence-corrected chi connectivity index (χ4v) is 1.96. The van der Waals surface area contributed by atoms with Gasteiger partial charge in [-0.1, -0.05) is 30.3 Å². The molecule has 0 saturated carbocycles. The van der Waals surface area contributed by atoms with E-state index in [1.807, 2.05) is 42.2 Å². The van der Waals surface area contributed by atoms with Crippen LogP contribution in [-0.4, -0.2) is 22.6 Å². The molecule has 4 nitrogen and oxygen atoms in total. The fourth-order valence-electron chi connectivity index (χ4n) is 1.96. The average molecular weight is 256 g/mol. The van der Waals surface area contributed by atoms with E-state index >= 15 is 0 Å². The maximum atomic E-state index is 11.2. The van der Waals surface area contributed by atoms with Gasteiger partial charge in [-0.05, 0) is 24.6 Å². The predicted molar refractivity (Wildman–Crippen MR) is 74.4 cm³/mol. The lowest BCUT2D eigenvalue weighted by molar-refractivity contribution is 0.0697. The Kier molecular flexibility index (Phi) is 4.13. The first kappa shape index (κ1) is 13.1. The number of carboxylic acid groups (broad SMARTS) is 1. The van der Waals surface area contributed by atoms with Crippen LogP contribution >= 0.6 is 0 Å². The van der Waals surface area contributed by atoms with Gasteiger partial charge in [0.05, 0.1) is 0 Å². The number of anilines is 1. The van der Waals surface area contributed by atoms with Crippen molar-refractivity contribution in [2.45, 2.75) is 13.5 Å². The van der Waals surface area contributed by atoms with E-state index < -0.39 is 5.97 Å². The van der Waals surface area contributed by atoms with E-state index in [9.17, 15) is 9.90 Å². The maximum absolute atomic E-state index is 11.2. The molecule has 0 saturated heterocycles. The van der Waals surface area contributed by atoms with Crippen molar-refractivity contribution in [2.24, 2.45) is 0 Å². The predicted octanol–water partition coefficient (Wildman–Crippen LogP) is 2.81. The second-order valence-electron chi connectivity index (χ2n) is 4.18. The molecule has 1 aromatic carbocycles. The zero-order valence-electron chi connectivity index (χ0n) is 10.8. The Morgan fingerprint density at radius 2 is 1.95 bits per heavy atom. The van der Waals surface area contributed by atoms with Gasteiger partial charge < -0.3 is 10.0 Å². The van der Waals surface area contributed by atoms with Crippen molar-refractivity contribution in [1.82, 2.24) is 4.98 Å². The third-order valence-electron chi connectivity index (χ3n) is 2.91. The Hall–Kier alpha value is -2.36. The van der Waals surface area contributed by atoms with E-state index in [0.29, 0.717) is 18.9 Å². The van der Waals surface area contributed by atoms with Crippen LogP contribution in [0.1, 0.15) is 22.8 Å². The Balaban J connectivity index is 2.30. The summed E-state index contributed by atoms with van der Waals surface area (Å²) in [5.41, 5.74) is 1.37. The van der Waals surface area contributed by atoms with E-state index in [1.165, 1.54) is 0 Å². The summed E-state index contributed by atoms with van der Waals surface area (Å²) in [6.07, 6.45) is 1.62. The molecule has 0 aliphatic heterocycles. The van der Waals surface area contributed by atoms with Gasteiger partial charge in [0.15, 0.2) is 0 Å². The number of hydrogen-bond acceptors (Lipinski definition) is 3. The molecule has 0 aliphatic carbocycles. The first-order valence-corrected chi connectivity index (χ1v) is 6.19. The molecular formula is C15H16N2O2. The van der Waals surface area contributed by atoms with E-state index in [-0.39, 0.29) is 5.56 Å². The summed E-state index contributed by atoms with van der Waals surface area (Å²) in [7, 11) is 0. The van der Waals surface area contributed by atoms with Crippen LogP contribution in [0.5, 0.6) is 0 Å². The minimum absolute atomic E-state index is 0.236. The Labute approximate surface area is 112 Å². The van der Waals surface area contributed by atoms with Gasteiger partial charge in [0.25, 0.3) is 0 Å². The fraction of sp³-hybridized carbons (Fsp3) is 0.200. The highest BCUT2D eigenvalue weighted by atomic mass is 16.4. The third-order valence-corrected chi connectivity index (χ3v) is 2.91. The minimum Gasteiger partial charge on any atom is -0.478 e. The number of carbonyl (C=O) groups is 1. The maximum Gasteiger partial charge on any atom is 0.339 e. The first-order valence-electron chi connectivity index (χ1n) is 6.19. The van der Waals surface area contributed by atoms with Gasteiger partial charge >= 0.3 is 5.97 Å². The number of nitrogens with zero attached hydrogens (tertiary/aromatic N) is 2.